The molecule has 2 nitrogen and oxygen atoms in total. The predicted octanol–water partition coefficient (Wildman–Crippen LogP) is 3.33. The fraction of sp³-hybridized carbons (Fsp3) is 0.667. The van der Waals surface area contributed by atoms with Crippen molar-refractivity contribution in [3.8, 4) is 0 Å². The summed E-state index contributed by atoms with van der Waals surface area (Å²) in [6.07, 6.45) is 8.37. The summed E-state index contributed by atoms with van der Waals surface area (Å²) in [5.74, 6) is 0. The third kappa shape index (κ3) is 2.53. The van der Waals surface area contributed by atoms with Gasteiger partial charge in [-0.1, -0.05) is 33.6 Å². The Balaban J connectivity index is 2.79. The minimum Gasteiger partial charge on any atom is -0.245 e. The summed E-state index contributed by atoms with van der Waals surface area (Å²) in [5, 5.41) is 0. The maximum Gasteiger partial charge on any atom is 0.115 e. The van der Waals surface area contributed by atoms with Crippen LogP contribution in [0.4, 0.5) is 0 Å². The Morgan fingerprint density at radius 2 is 2.14 bits per heavy atom. The first-order valence-electron chi connectivity index (χ1n) is 5.49. The van der Waals surface area contributed by atoms with Crippen molar-refractivity contribution < 1.29 is 0 Å². The number of hydrogen-bond donors (Lipinski definition) is 0. The summed E-state index contributed by atoms with van der Waals surface area (Å²) in [5.41, 5.74) is 1.42. The van der Waals surface area contributed by atoms with E-state index in [1.54, 1.807) is 6.33 Å². The lowest BCUT2D eigenvalue weighted by molar-refractivity contribution is 0.391. The van der Waals surface area contributed by atoms with Gasteiger partial charge in [0, 0.05) is 17.3 Å². The van der Waals surface area contributed by atoms with Crippen LogP contribution in [0.15, 0.2) is 18.6 Å². The second-order valence-corrected chi connectivity index (χ2v) is 4.11. The molecule has 0 aromatic carbocycles. The highest BCUT2D eigenvalue weighted by Crippen LogP contribution is 2.30. The van der Waals surface area contributed by atoms with Crippen LogP contribution in [0.2, 0.25) is 0 Å². The van der Waals surface area contributed by atoms with E-state index < -0.39 is 0 Å². The minimum absolute atomic E-state index is 0.235. The van der Waals surface area contributed by atoms with Crippen LogP contribution in [0.25, 0.3) is 0 Å². The predicted molar refractivity (Wildman–Crippen MR) is 59.2 cm³/mol. The van der Waals surface area contributed by atoms with E-state index >= 15 is 0 Å². The molecule has 1 aromatic heterocycles. The molecule has 0 amide bonds. The van der Waals surface area contributed by atoms with Crippen LogP contribution in [0.1, 0.15) is 52.1 Å². The first kappa shape index (κ1) is 11.2. The average Bonchev–Trinajstić information content (AvgIpc) is 2.27. The van der Waals surface area contributed by atoms with E-state index in [1.807, 2.05) is 12.3 Å². The van der Waals surface area contributed by atoms with Crippen LogP contribution in [0.3, 0.4) is 0 Å². The summed E-state index contributed by atoms with van der Waals surface area (Å²) in [6, 6.07) is 2.04. The second kappa shape index (κ2) is 5.08. The first-order valence-corrected chi connectivity index (χ1v) is 5.49. The largest absolute Gasteiger partial charge is 0.245 e. The molecule has 0 saturated heterocycles. The van der Waals surface area contributed by atoms with Crippen molar-refractivity contribution in [3.05, 3.63) is 24.3 Å². The van der Waals surface area contributed by atoms with Gasteiger partial charge in [-0.25, -0.2) is 9.97 Å². The summed E-state index contributed by atoms with van der Waals surface area (Å²) in [6.45, 7) is 6.76. The van der Waals surface area contributed by atoms with Gasteiger partial charge in [-0.3, -0.25) is 0 Å². The molecule has 14 heavy (non-hydrogen) atoms. The molecule has 0 bridgehead atoms. The Labute approximate surface area is 86.8 Å². The molecule has 1 rings (SSSR count). The standard InChI is InChI=1S/C12H20N2/c1-4-6-8-12(3,5-2)11-7-9-13-10-14-11/h7,9-10H,4-6,8H2,1-3H3. The molecule has 0 spiro atoms. The summed E-state index contributed by atoms with van der Waals surface area (Å²) in [7, 11) is 0. The molecule has 1 aromatic rings. The van der Waals surface area contributed by atoms with E-state index in [0.29, 0.717) is 0 Å². The molecular formula is C12H20N2. The van der Waals surface area contributed by atoms with Gasteiger partial charge in [0.2, 0.25) is 0 Å². The number of hydrogen-bond acceptors (Lipinski definition) is 2. The number of aromatic nitrogens is 2. The van der Waals surface area contributed by atoms with Gasteiger partial charge in [-0.2, -0.15) is 0 Å². The van der Waals surface area contributed by atoms with E-state index in [2.05, 4.69) is 30.7 Å². The molecule has 2 heteroatoms. The van der Waals surface area contributed by atoms with Gasteiger partial charge in [0.25, 0.3) is 0 Å². The van der Waals surface area contributed by atoms with Gasteiger partial charge in [-0.15, -0.1) is 0 Å². The molecule has 78 valence electrons. The van der Waals surface area contributed by atoms with Gasteiger partial charge < -0.3 is 0 Å². The van der Waals surface area contributed by atoms with Crippen LogP contribution < -0.4 is 0 Å². The molecule has 0 radical (unpaired) electrons. The third-order valence-corrected chi connectivity index (χ3v) is 3.06. The first-order chi connectivity index (χ1) is 6.73. The zero-order valence-electron chi connectivity index (χ0n) is 9.45. The van der Waals surface area contributed by atoms with Crippen LogP contribution in [-0.2, 0) is 5.41 Å². The number of unbranched alkanes of at least 4 members (excludes halogenated alkanes) is 1. The van der Waals surface area contributed by atoms with Crippen molar-refractivity contribution in [2.24, 2.45) is 0 Å². The molecule has 0 aliphatic heterocycles. The highest BCUT2D eigenvalue weighted by molar-refractivity contribution is 5.12. The normalized spacial score (nSPS) is 15.1. The zero-order chi connectivity index (χ0) is 10.4. The maximum atomic E-state index is 4.36. The third-order valence-electron chi connectivity index (χ3n) is 3.06. The van der Waals surface area contributed by atoms with Crippen molar-refractivity contribution in [1.29, 1.82) is 0 Å². The monoisotopic (exact) mass is 192 g/mol. The van der Waals surface area contributed by atoms with Crippen molar-refractivity contribution in [1.82, 2.24) is 9.97 Å². The Bertz CT molecular complexity index is 258. The fourth-order valence-electron chi connectivity index (χ4n) is 1.70. The van der Waals surface area contributed by atoms with E-state index in [1.165, 1.54) is 25.0 Å². The van der Waals surface area contributed by atoms with E-state index in [9.17, 15) is 0 Å². The second-order valence-electron chi connectivity index (χ2n) is 4.11. The quantitative estimate of drug-likeness (QED) is 0.715. The minimum atomic E-state index is 0.235. The zero-order valence-corrected chi connectivity index (χ0v) is 9.45. The Morgan fingerprint density at radius 3 is 2.64 bits per heavy atom. The Kier molecular flexibility index (Phi) is 4.05. The smallest absolute Gasteiger partial charge is 0.115 e. The van der Waals surface area contributed by atoms with Crippen LogP contribution >= 0.6 is 0 Å². The van der Waals surface area contributed by atoms with Gasteiger partial charge in [0.15, 0.2) is 0 Å². The average molecular weight is 192 g/mol. The van der Waals surface area contributed by atoms with Crippen LogP contribution in [0, 0.1) is 0 Å². The molecule has 0 aliphatic rings. The molecule has 0 saturated carbocycles. The van der Waals surface area contributed by atoms with Crippen molar-refractivity contribution in [3.63, 3.8) is 0 Å². The molecular weight excluding hydrogens is 172 g/mol. The molecule has 0 N–H and O–H groups in total. The SMILES string of the molecule is CCCCC(C)(CC)c1ccncn1. The van der Waals surface area contributed by atoms with Gasteiger partial charge in [-0.05, 0) is 18.9 Å². The topological polar surface area (TPSA) is 25.8 Å². The van der Waals surface area contributed by atoms with Gasteiger partial charge in [0.1, 0.15) is 6.33 Å². The van der Waals surface area contributed by atoms with Gasteiger partial charge >= 0.3 is 0 Å². The molecule has 1 atom stereocenters. The van der Waals surface area contributed by atoms with Crippen molar-refractivity contribution >= 4 is 0 Å². The van der Waals surface area contributed by atoms with E-state index in [4.69, 9.17) is 0 Å². The highest BCUT2D eigenvalue weighted by atomic mass is 14.8. The van der Waals surface area contributed by atoms with E-state index in [-0.39, 0.29) is 5.41 Å². The Hall–Kier alpha value is -0.920. The number of nitrogens with zero attached hydrogens (tertiary/aromatic N) is 2. The summed E-state index contributed by atoms with van der Waals surface area (Å²) in [4.78, 5) is 8.33. The molecule has 0 aliphatic carbocycles. The van der Waals surface area contributed by atoms with Gasteiger partial charge in [0.05, 0.1) is 0 Å². The molecule has 0 fully saturated rings. The van der Waals surface area contributed by atoms with Crippen LogP contribution in [-0.4, -0.2) is 9.97 Å². The summed E-state index contributed by atoms with van der Waals surface area (Å²) >= 11 is 0. The highest BCUT2D eigenvalue weighted by Gasteiger charge is 2.24. The lowest BCUT2D eigenvalue weighted by Gasteiger charge is -2.27. The molecule has 1 unspecified atom stereocenters. The van der Waals surface area contributed by atoms with Crippen molar-refractivity contribution in [2.75, 3.05) is 0 Å². The fourth-order valence-corrected chi connectivity index (χ4v) is 1.70. The van der Waals surface area contributed by atoms with Crippen LogP contribution in [0.5, 0.6) is 0 Å². The molecule has 1 heterocycles. The lowest BCUT2D eigenvalue weighted by Crippen LogP contribution is -2.22. The summed E-state index contributed by atoms with van der Waals surface area (Å²) < 4.78 is 0. The van der Waals surface area contributed by atoms with E-state index in [0.717, 1.165) is 6.42 Å². The Morgan fingerprint density at radius 1 is 1.36 bits per heavy atom. The van der Waals surface area contributed by atoms with Crippen molar-refractivity contribution in [2.45, 2.75) is 51.9 Å². The number of rotatable bonds is 5. The lowest BCUT2D eigenvalue weighted by atomic mass is 9.79. The maximum absolute atomic E-state index is 4.36.